The minimum Gasteiger partial charge on any atom is -0.258 e. The van der Waals surface area contributed by atoms with Crippen LogP contribution in [0.3, 0.4) is 0 Å². The normalized spacial score (nSPS) is 9.56. The topological polar surface area (TPSA) is 12.4 Å². The molecule has 0 saturated carbocycles. The van der Waals surface area contributed by atoms with Gasteiger partial charge in [-0.1, -0.05) is 23.9 Å². The smallest absolute Gasteiger partial charge is 0.0638 e. The summed E-state index contributed by atoms with van der Waals surface area (Å²) in [6.07, 6.45) is 1.82. The molecule has 0 amide bonds. The van der Waals surface area contributed by atoms with E-state index in [0.717, 1.165) is 0 Å². The molecule has 1 nitrogen and oxygen atoms in total. The van der Waals surface area contributed by atoms with Crippen LogP contribution in [0.4, 0.5) is 0 Å². The molecule has 0 aromatic heterocycles. The third-order valence-corrected chi connectivity index (χ3v) is 0.987. The highest BCUT2D eigenvalue weighted by atomic mass is 32.2. The minimum absolute atomic E-state index is 1.20. The van der Waals surface area contributed by atoms with Crippen molar-refractivity contribution in [2.24, 2.45) is 4.99 Å². The average Bonchev–Trinajstić information content (AvgIpc) is 1.80. The van der Waals surface area contributed by atoms with Crippen LogP contribution < -0.4 is 0 Å². The Bertz CT molecular complexity index is 132. The van der Waals surface area contributed by atoms with Crippen LogP contribution in [0.1, 0.15) is 13.8 Å². The molecule has 0 aliphatic heterocycles. The van der Waals surface area contributed by atoms with Gasteiger partial charge in [0.1, 0.15) is 0 Å². The summed E-state index contributed by atoms with van der Waals surface area (Å²) < 4.78 is 0. The highest BCUT2D eigenvalue weighted by Crippen LogP contribution is 1.95. The second kappa shape index (κ2) is 5.63. The van der Waals surface area contributed by atoms with E-state index in [1.807, 2.05) is 20.0 Å². The Labute approximate surface area is 60.6 Å². The van der Waals surface area contributed by atoms with E-state index in [9.17, 15) is 0 Å². The van der Waals surface area contributed by atoms with E-state index in [4.69, 9.17) is 0 Å². The predicted molar refractivity (Wildman–Crippen MR) is 45.7 cm³/mol. The van der Waals surface area contributed by atoms with Gasteiger partial charge in [-0.2, -0.15) is 0 Å². The third-order valence-electron chi connectivity index (χ3n) is 0.551. The van der Waals surface area contributed by atoms with Crippen molar-refractivity contribution in [1.29, 1.82) is 0 Å². The molecule has 50 valence electrons. The van der Waals surface area contributed by atoms with Gasteiger partial charge in [-0.25, -0.2) is 0 Å². The van der Waals surface area contributed by atoms with Crippen LogP contribution in [0.2, 0.25) is 0 Å². The van der Waals surface area contributed by atoms with Crippen molar-refractivity contribution >= 4 is 17.3 Å². The van der Waals surface area contributed by atoms with Gasteiger partial charge in [-0.15, -0.1) is 0 Å². The first kappa shape index (κ1) is 8.50. The first-order valence-corrected chi connectivity index (χ1v) is 3.63. The Morgan fingerprint density at radius 1 is 1.56 bits per heavy atom. The molecule has 0 aromatic carbocycles. The Kier molecular flexibility index (Phi) is 5.32. The molecular formula is C7H11NS. The Morgan fingerprint density at radius 3 is 2.67 bits per heavy atom. The molecule has 0 aliphatic rings. The lowest BCUT2D eigenvalue weighted by Gasteiger charge is -1.80. The molecule has 0 rings (SSSR count). The first-order valence-electron chi connectivity index (χ1n) is 2.68. The Balaban J connectivity index is 3.47. The molecule has 0 aromatic rings. The van der Waals surface area contributed by atoms with E-state index >= 15 is 0 Å². The summed E-state index contributed by atoms with van der Waals surface area (Å²) in [5.41, 5.74) is 2.95. The fraction of sp³-hybridized carbons (Fsp3) is 0.286. The van der Waals surface area contributed by atoms with Crippen LogP contribution in [0.5, 0.6) is 0 Å². The maximum absolute atomic E-state index is 3.97. The number of hydrogen-bond acceptors (Lipinski definition) is 2. The zero-order valence-electron chi connectivity index (χ0n) is 5.79. The van der Waals surface area contributed by atoms with Gasteiger partial charge >= 0.3 is 0 Å². The molecule has 0 heterocycles. The van der Waals surface area contributed by atoms with Gasteiger partial charge in [-0.3, -0.25) is 4.99 Å². The van der Waals surface area contributed by atoms with Gasteiger partial charge in [0.05, 0.1) is 5.55 Å². The maximum atomic E-state index is 3.97. The van der Waals surface area contributed by atoms with E-state index in [1.165, 1.54) is 17.3 Å². The van der Waals surface area contributed by atoms with Crippen molar-refractivity contribution in [3.8, 4) is 0 Å². The molecule has 0 spiro atoms. The molecule has 0 saturated heterocycles. The summed E-state index contributed by atoms with van der Waals surface area (Å²) in [6.45, 7) is 7.55. The first-order chi connectivity index (χ1) is 4.27. The third kappa shape index (κ3) is 7.50. The number of nitrogens with zero attached hydrogens (tertiary/aromatic N) is 1. The fourth-order valence-electron chi connectivity index (χ4n) is 0.258. The second-order valence-electron chi connectivity index (χ2n) is 1.76. The Morgan fingerprint density at radius 2 is 2.22 bits per heavy atom. The molecule has 0 fully saturated rings. The minimum atomic E-state index is 1.20. The van der Waals surface area contributed by atoms with Gasteiger partial charge < -0.3 is 0 Å². The SMILES string of the molecule is C=CS/C=N\C=C(C)C. The lowest BCUT2D eigenvalue weighted by atomic mass is 10.4. The fourth-order valence-corrected chi connectivity index (χ4v) is 0.475. The molecule has 0 unspecified atom stereocenters. The number of hydrogen-bond donors (Lipinski definition) is 0. The number of rotatable bonds is 3. The summed E-state index contributed by atoms with van der Waals surface area (Å²) in [5, 5.41) is 1.74. The van der Waals surface area contributed by atoms with Crippen molar-refractivity contribution in [2.45, 2.75) is 13.8 Å². The van der Waals surface area contributed by atoms with Gasteiger partial charge in [0.2, 0.25) is 0 Å². The van der Waals surface area contributed by atoms with Gasteiger partial charge in [-0.05, 0) is 19.3 Å². The highest BCUT2D eigenvalue weighted by molar-refractivity contribution is 8.14. The predicted octanol–water partition coefficient (Wildman–Crippen LogP) is 2.82. The van der Waals surface area contributed by atoms with Crippen molar-refractivity contribution in [2.75, 3.05) is 0 Å². The number of allylic oxidation sites excluding steroid dienone is 1. The second-order valence-corrected chi connectivity index (χ2v) is 2.58. The summed E-state index contributed by atoms with van der Waals surface area (Å²) >= 11 is 1.48. The quantitative estimate of drug-likeness (QED) is 0.435. The number of thioether (sulfide) groups is 1. The van der Waals surface area contributed by atoms with Gasteiger partial charge in [0.15, 0.2) is 0 Å². The lowest BCUT2D eigenvalue weighted by Crippen LogP contribution is -1.60. The van der Waals surface area contributed by atoms with E-state index < -0.39 is 0 Å². The zero-order chi connectivity index (χ0) is 7.11. The van der Waals surface area contributed by atoms with Crippen molar-refractivity contribution in [1.82, 2.24) is 0 Å². The van der Waals surface area contributed by atoms with Crippen molar-refractivity contribution in [3.05, 3.63) is 23.8 Å². The summed E-state index contributed by atoms with van der Waals surface area (Å²) in [7, 11) is 0. The molecule has 9 heavy (non-hydrogen) atoms. The standard InChI is InChI=1S/C7H11NS/c1-4-9-6-8-5-7(2)3/h4-6H,1H2,2-3H3/b8-6-. The Hall–Kier alpha value is -0.500. The van der Waals surface area contributed by atoms with Crippen LogP contribution in [0, 0.1) is 0 Å². The van der Waals surface area contributed by atoms with Crippen molar-refractivity contribution < 1.29 is 0 Å². The monoisotopic (exact) mass is 141 g/mol. The maximum Gasteiger partial charge on any atom is 0.0638 e. The molecule has 0 N–H and O–H groups in total. The molecule has 2 heteroatoms. The summed E-state index contributed by atoms with van der Waals surface area (Å²) in [6, 6.07) is 0. The van der Waals surface area contributed by atoms with Crippen LogP contribution >= 0.6 is 11.8 Å². The lowest BCUT2D eigenvalue weighted by molar-refractivity contribution is 1.34. The molecule has 0 aliphatic carbocycles. The largest absolute Gasteiger partial charge is 0.258 e. The van der Waals surface area contributed by atoms with Crippen LogP contribution in [-0.2, 0) is 0 Å². The summed E-state index contributed by atoms with van der Waals surface area (Å²) in [5.74, 6) is 0. The number of aliphatic imine (C=N–C) groups is 1. The highest BCUT2D eigenvalue weighted by Gasteiger charge is 1.69. The average molecular weight is 141 g/mol. The van der Waals surface area contributed by atoms with E-state index in [0.29, 0.717) is 0 Å². The van der Waals surface area contributed by atoms with E-state index in [1.54, 1.807) is 11.0 Å². The van der Waals surface area contributed by atoms with Crippen molar-refractivity contribution in [3.63, 3.8) is 0 Å². The van der Waals surface area contributed by atoms with Gasteiger partial charge in [0.25, 0.3) is 0 Å². The van der Waals surface area contributed by atoms with Crippen LogP contribution in [0.15, 0.2) is 28.8 Å². The molecule has 0 radical (unpaired) electrons. The van der Waals surface area contributed by atoms with Crippen LogP contribution in [0.25, 0.3) is 0 Å². The van der Waals surface area contributed by atoms with E-state index in [-0.39, 0.29) is 0 Å². The van der Waals surface area contributed by atoms with E-state index in [2.05, 4.69) is 11.6 Å². The zero-order valence-corrected chi connectivity index (χ0v) is 6.61. The summed E-state index contributed by atoms with van der Waals surface area (Å²) in [4.78, 5) is 3.97. The molecular weight excluding hydrogens is 130 g/mol. The van der Waals surface area contributed by atoms with Crippen LogP contribution in [-0.4, -0.2) is 5.55 Å². The molecule has 0 bridgehead atoms. The molecule has 0 atom stereocenters. The van der Waals surface area contributed by atoms with Gasteiger partial charge in [0, 0.05) is 6.20 Å².